The Morgan fingerprint density at radius 3 is 2.53 bits per heavy atom. The lowest BCUT2D eigenvalue weighted by atomic mass is 10.2. The van der Waals surface area contributed by atoms with Crippen LogP contribution in [-0.2, 0) is 4.79 Å². The summed E-state index contributed by atoms with van der Waals surface area (Å²) in [6, 6.07) is 13.8. The van der Waals surface area contributed by atoms with Gasteiger partial charge in [-0.2, -0.15) is 0 Å². The van der Waals surface area contributed by atoms with Crippen LogP contribution in [0.2, 0.25) is 4.34 Å². The number of aliphatic hydroxyl groups excluding tert-OH is 1. The molecule has 1 fully saturated rings. The van der Waals surface area contributed by atoms with Crippen LogP contribution < -0.4 is 15.5 Å². The van der Waals surface area contributed by atoms with E-state index in [1.54, 1.807) is 6.07 Å². The molecule has 7 nitrogen and oxygen atoms in total. The lowest BCUT2D eigenvalue weighted by molar-refractivity contribution is -0.129. The predicted octanol–water partition coefficient (Wildman–Crippen LogP) is 2.34. The maximum Gasteiger partial charge on any atom is 0.244 e. The maximum atomic E-state index is 12.6. The predicted molar refractivity (Wildman–Crippen MR) is 124 cm³/mol. The lowest BCUT2D eigenvalue weighted by Crippen LogP contribution is -2.49. The number of amides is 1. The van der Waals surface area contributed by atoms with E-state index in [9.17, 15) is 9.90 Å². The second kappa shape index (κ2) is 11.2. The Morgan fingerprint density at radius 1 is 1.17 bits per heavy atom. The number of para-hydroxylation sites is 1. The Kier molecular flexibility index (Phi) is 8.36. The van der Waals surface area contributed by atoms with Crippen molar-refractivity contribution in [2.24, 2.45) is 4.99 Å². The Labute approximate surface area is 186 Å². The second-order valence-corrected chi connectivity index (χ2v) is 8.68. The van der Waals surface area contributed by atoms with Crippen molar-refractivity contribution in [3.63, 3.8) is 0 Å². The van der Waals surface area contributed by atoms with Crippen LogP contribution in [0.1, 0.15) is 17.9 Å². The number of carbonyl (C=O) groups is 1. The molecule has 0 saturated carbocycles. The summed E-state index contributed by atoms with van der Waals surface area (Å²) in [6.45, 7) is 5.97. The van der Waals surface area contributed by atoms with Crippen LogP contribution in [0.5, 0.6) is 0 Å². The van der Waals surface area contributed by atoms with Gasteiger partial charge >= 0.3 is 0 Å². The number of carbonyl (C=O) groups excluding carboxylic acids is 1. The first-order chi connectivity index (χ1) is 14.6. The van der Waals surface area contributed by atoms with E-state index in [4.69, 9.17) is 11.6 Å². The summed E-state index contributed by atoms with van der Waals surface area (Å²) >= 11 is 7.27. The maximum absolute atomic E-state index is 12.6. The summed E-state index contributed by atoms with van der Waals surface area (Å²) in [7, 11) is 0. The van der Waals surface area contributed by atoms with Crippen LogP contribution in [0.15, 0.2) is 47.5 Å². The summed E-state index contributed by atoms with van der Waals surface area (Å²) in [5.41, 5.74) is 1.19. The van der Waals surface area contributed by atoms with Gasteiger partial charge in [0.15, 0.2) is 5.96 Å². The van der Waals surface area contributed by atoms with Gasteiger partial charge in [-0.25, -0.2) is 4.99 Å². The summed E-state index contributed by atoms with van der Waals surface area (Å²) in [6.07, 6.45) is -0.687. The number of hydrogen-bond donors (Lipinski definition) is 3. The van der Waals surface area contributed by atoms with Crippen molar-refractivity contribution in [3.8, 4) is 0 Å². The summed E-state index contributed by atoms with van der Waals surface area (Å²) in [4.78, 5) is 21.9. The molecule has 3 rings (SSSR count). The van der Waals surface area contributed by atoms with Crippen molar-refractivity contribution >= 4 is 40.5 Å². The molecule has 1 aliphatic rings. The quantitative estimate of drug-likeness (QED) is 0.446. The smallest absolute Gasteiger partial charge is 0.244 e. The number of thiophene rings is 1. The molecule has 1 aliphatic heterocycles. The molecular formula is C21H28ClN5O2S. The molecule has 0 radical (unpaired) electrons. The van der Waals surface area contributed by atoms with Gasteiger partial charge < -0.3 is 25.5 Å². The molecule has 3 N–H and O–H groups in total. The Hall–Kier alpha value is -2.29. The number of benzene rings is 1. The van der Waals surface area contributed by atoms with E-state index in [0.717, 1.165) is 18.0 Å². The zero-order valence-corrected chi connectivity index (χ0v) is 18.6. The van der Waals surface area contributed by atoms with Gasteiger partial charge in [0.2, 0.25) is 5.91 Å². The average molecular weight is 450 g/mol. The number of guanidine groups is 1. The van der Waals surface area contributed by atoms with Crippen LogP contribution in [0.25, 0.3) is 0 Å². The third kappa shape index (κ3) is 6.35. The van der Waals surface area contributed by atoms with Gasteiger partial charge in [0.25, 0.3) is 0 Å². The van der Waals surface area contributed by atoms with Gasteiger partial charge in [-0.1, -0.05) is 29.8 Å². The van der Waals surface area contributed by atoms with Crippen LogP contribution >= 0.6 is 22.9 Å². The van der Waals surface area contributed by atoms with E-state index in [0.29, 0.717) is 29.9 Å². The van der Waals surface area contributed by atoms with Gasteiger partial charge in [-0.15, -0.1) is 11.3 Å². The van der Waals surface area contributed by atoms with Crippen LogP contribution in [0.4, 0.5) is 5.69 Å². The molecule has 0 bridgehead atoms. The van der Waals surface area contributed by atoms with E-state index in [1.807, 2.05) is 36.1 Å². The largest absolute Gasteiger partial charge is 0.386 e. The molecule has 1 unspecified atom stereocenters. The fraction of sp³-hybridized carbons (Fsp3) is 0.429. The number of aliphatic imine (C=N–C) groups is 1. The standard InChI is InChI=1S/C21H28ClN5O2S/c1-2-23-21(24-14-17(28)18-8-9-19(22)30-18)25-15-20(29)27-12-10-26(11-13-27)16-6-4-3-5-7-16/h3-9,17,28H,2,10-15H2,1H3,(H2,23,24,25). The van der Waals surface area contributed by atoms with Crippen molar-refractivity contribution in [1.82, 2.24) is 15.5 Å². The topological polar surface area (TPSA) is 80.2 Å². The fourth-order valence-corrected chi connectivity index (χ4v) is 4.29. The van der Waals surface area contributed by atoms with E-state index in [-0.39, 0.29) is 19.0 Å². The SMILES string of the molecule is CCNC(=NCC(=O)N1CCN(c2ccccc2)CC1)NCC(O)c1ccc(Cl)s1. The number of halogens is 1. The highest BCUT2D eigenvalue weighted by molar-refractivity contribution is 7.16. The van der Waals surface area contributed by atoms with Crippen LogP contribution in [0, 0.1) is 0 Å². The minimum Gasteiger partial charge on any atom is -0.386 e. The molecule has 1 aromatic carbocycles. The number of rotatable bonds is 7. The van der Waals surface area contributed by atoms with Gasteiger partial charge in [-0.3, -0.25) is 4.79 Å². The summed E-state index contributed by atoms with van der Waals surface area (Å²) < 4.78 is 0.641. The van der Waals surface area contributed by atoms with E-state index in [1.165, 1.54) is 17.0 Å². The fourth-order valence-electron chi connectivity index (χ4n) is 3.24. The minimum absolute atomic E-state index is 0.00509. The first-order valence-electron chi connectivity index (χ1n) is 10.1. The van der Waals surface area contributed by atoms with Crippen molar-refractivity contribution in [2.45, 2.75) is 13.0 Å². The highest BCUT2D eigenvalue weighted by atomic mass is 35.5. The molecule has 1 amide bonds. The number of anilines is 1. The summed E-state index contributed by atoms with van der Waals surface area (Å²) in [5.74, 6) is 0.515. The third-order valence-electron chi connectivity index (χ3n) is 4.86. The number of aliphatic hydroxyl groups is 1. The number of nitrogens with one attached hydrogen (secondary N) is 2. The molecule has 9 heteroatoms. The van der Waals surface area contributed by atoms with Crippen molar-refractivity contribution in [1.29, 1.82) is 0 Å². The normalized spacial score (nSPS) is 15.8. The third-order valence-corrected chi connectivity index (χ3v) is 6.19. The van der Waals surface area contributed by atoms with E-state index < -0.39 is 6.10 Å². The molecule has 1 saturated heterocycles. The van der Waals surface area contributed by atoms with Crippen LogP contribution in [0.3, 0.4) is 0 Å². The first kappa shape index (κ1) is 22.4. The number of piperazine rings is 1. The van der Waals surface area contributed by atoms with Gasteiger partial charge in [0.05, 0.1) is 4.34 Å². The Bertz CT molecular complexity index is 837. The molecule has 1 atom stereocenters. The van der Waals surface area contributed by atoms with E-state index >= 15 is 0 Å². The molecule has 2 heterocycles. The zero-order chi connectivity index (χ0) is 21.3. The molecule has 2 aromatic rings. The lowest BCUT2D eigenvalue weighted by Gasteiger charge is -2.36. The monoisotopic (exact) mass is 449 g/mol. The molecule has 0 spiro atoms. The molecule has 30 heavy (non-hydrogen) atoms. The van der Waals surface area contributed by atoms with Gasteiger partial charge in [0.1, 0.15) is 12.6 Å². The van der Waals surface area contributed by atoms with Crippen molar-refractivity contribution in [3.05, 3.63) is 51.7 Å². The van der Waals surface area contributed by atoms with Crippen LogP contribution in [-0.4, -0.2) is 67.7 Å². The van der Waals surface area contributed by atoms with E-state index in [2.05, 4.69) is 32.7 Å². The zero-order valence-electron chi connectivity index (χ0n) is 17.1. The molecule has 0 aliphatic carbocycles. The minimum atomic E-state index is -0.687. The Morgan fingerprint density at radius 2 is 1.90 bits per heavy atom. The summed E-state index contributed by atoms with van der Waals surface area (Å²) in [5, 5.41) is 16.5. The van der Waals surface area contributed by atoms with Crippen molar-refractivity contribution in [2.75, 3.05) is 50.7 Å². The highest BCUT2D eigenvalue weighted by Crippen LogP contribution is 2.26. The molecule has 162 valence electrons. The van der Waals surface area contributed by atoms with Gasteiger partial charge in [0, 0.05) is 49.8 Å². The molecule has 1 aromatic heterocycles. The second-order valence-electron chi connectivity index (χ2n) is 6.94. The molecular weight excluding hydrogens is 422 g/mol. The number of nitrogens with zero attached hydrogens (tertiary/aromatic N) is 3. The van der Waals surface area contributed by atoms with Crippen molar-refractivity contribution < 1.29 is 9.90 Å². The van der Waals surface area contributed by atoms with Gasteiger partial charge in [-0.05, 0) is 31.2 Å². The highest BCUT2D eigenvalue weighted by Gasteiger charge is 2.21. The Balaban J connectivity index is 1.47. The first-order valence-corrected chi connectivity index (χ1v) is 11.3. The number of hydrogen-bond acceptors (Lipinski definition) is 5. The average Bonchev–Trinajstić information content (AvgIpc) is 3.22.